The van der Waals surface area contributed by atoms with Gasteiger partial charge in [0.15, 0.2) is 0 Å². The molecule has 1 saturated carbocycles. The largest absolute Gasteiger partial charge is 0.487 e. The molecule has 1 fully saturated rings. The number of halogens is 3. The van der Waals surface area contributed by atoms with Crippen LogP contribution < -0.4 is 15.6 Å². The molecule has 2 aromatic heterocycles. The van der Waals surface area contributed by atoms with Gasteiger partial charge in [0.25, 0.3) is 11.5 Å². The molecule has 0 spiro atoms. The van der Waals surface area contributed by atoms with Crippen molar-refractivity contribution in [2.75, 3.05) is 0 Å². The molecule has 0 bridgehead atoms. The van der Waals surface area contributed by atoms with Gasteiger partial charge < -0.3 is 19.7 Å². The van der Waals surface area contributed by atoms with Crippen LogP contribution in [0.2, 0.25) is 0 Å². The van der Waals surface area contributed by atoms with Gasteiger partial charge in [0.05, 0.1) is 36.9 Å². The number of carbonyl (C=O) groups excluding carboxylic acids is 1. The van der Waals surface area contributed by atoms with Crippen LogP contribution in [0.5, 0.6) is 5.75 Å². The smallest absolute Gasteiger partial charge is 0.269 e. The van der Waals surface area contributed by atoms with E-state index in [2.05, 4.69) is 31.2 Å². The zero-order valence-corrected chi connectivity index (χ0v) is 19.7. The summed E-state index contributed by atoms with van der Waals surface area (Å²) in [5, 5.41) is 12.4. The number of carbonyl (C=O) groups is 1. The fraction of sp³-hybridized carbons (Fsp3) is 0.304. The Morgan fingerprint density at radius 3 is 2.59 bits per heavy atom. The van der Waals surface area contributed by atoms with Gasteiger partial charge in [-0.05, 0) is 47.8 Å². The third kappa shape index (κ3) is 5.31. The summed E-state index contributed by atoms with van der Waals surface area (Å²) in [6.45, 7) is 1.84. The molecular weight excluding hydrogens is 514 g/mol. The van der Waals surface area contributed by atoms with E-state index in [0.717, 1.165) is 12.1 Å². The molecule has 2 heterocycles. The van der Waals surface area contributed by atoms with Crippen molar-refractivity contribution in [2.24, 2.45) is 0 Å². The molecule has 1 aliphatic carbocycles. The minimum Gasteiger partial charge on any atom is -0.487 e. The first kappa shape index (κ1) is 24.0. The van der Waals surface area contributed by atoms with Crippen LogP contribution in [0, 0.1) is 18.6 Å². The Hall–Kier alpha value is -3.18. The van der Waals surface area contributed by atoms with Crippen LogP contribution in [0.15, 0.2) is 45.9 Å². The van der Waals surface area contributed by atoms with Gasteiger partial charge in [-0.25, -0.2) is 8.78 Å². The van der Waals surface area contributed by atoms with Crippen LogP contribution in [0.4, 0.5) is 8.78 Å². The van der Waals surface area contributed by atoms with Crippen LogP contribution in [-0.2, 0) is 24.5 Å². The highest BCUT2D eigenvalue weighted by molar-refractivity contribution is 9.10. The van der Waals surface area contributed by atoms with Crippen molar-refractivity contribution >= 4 is 21.8 Å². The normalized spacial score (nSPS) is 14.0. The molecule has 34 heavy (non-hydrogen) atoms. The predicted octanol–water partition coefficient (Wildman–Crippen LogP) is 2.76. The summed E-state index contributed by atoms with van der Waals surface area (Å²) >= 11 is 3.24. The van der Waals surface area contributed by atoms with Crippen molar-refractivity contribution in [3.05, 3.63) is 85.8 Å². The Morgan fingerprint density at radius 2 is 1.94 bits per heavy atom. The third-order valence-electron chi connectivity index (χ3n) is 5.47. The number of ether oxygens (including phenoxy) is 1. The van der Waals surface area contributed by atoms with E-state index in [1.54, 1.807) is 13.0 Å². The Morgan fingerprint density at radius 1 is 1.24 bits per heavy atom. The average Bonchev–Trinajstić information content (AvgIpc) is 3.57. The summed E-state index contributed by atoms with van der Waals surface area (Å²) in [5.74, 6) is -1.60. The first-order valence-corrected chi connectivity index (χ1v) is 11.2. The van der Waals surface area contributed by atoms with Crippen molar-refractivity contribution < 1.29 is 23.4 Å². The Labute approximate surface area is 201 Å². The van der Waals surface area contributed by atoms with Crippen molar-refractivity contribution in [1.29, 1.82) is 0 Å². The van der Waals surface area contributed by atoms with Crippen LogP contribution >= 0.6 is 15.9 Å². The number of benzene rings is 1. The fourth-order valence-corrected chi connectivity index (χ4v) is 3.65. The number of aliphatic hydroxyl groups is 1. The maximum absolute atomic E-state index is 13.8. The van der Waals surface area contributed by atoms with Crippen LogP contribution in [0.1, 0.15) is 35.5 Å². The number of hydrogen-bond donors (Lipinski definition) is 2. The van der Waals surface area contributed by atoms with Crippen LogP contribution in [0.3, 0.4) is 0 Å². The van der Waals surface area contributed by atoms with Gasteiger partial charge in [-0.3, -0.25) is 19.6 Å². The Bertz CT molecular complexity index is 1290. The average molecular weight is 535 g/mol. The van der Waals surface area contributed by atoms with E-state index in [1.807, 2.05) is 0 Å². The molecule has 4 rings (SSSR count). The van der Waals surface area contributed by atoms with Gasteiger partial charge in [0.1, 0.15) is 34.1 Å². The highest BCUT2D eigenvalue weighted by atomic mass is 79.9. The molecule has 8 nitrogen and oxygen atoms in total. The molecule has 178 valence electrons. The lowest BCUT2D eigenvalue weighted by atomic mass is 10.2. The molecule has 0 radical (unpaired) electrons. The zero-order valence-electron chi connectivity index (χ0n) is 18.1. The second kappa shape index (κ2) is 9.59. The van der Waals surface area contributed by atoms with Gasteiger partial charge in [-0.1, -0.05) is 0 Å². The molecule has 0 atom stereocenters. The fourth-order valence-electron chi connectivity index (χ4n) is 3.21. The van der Waals surface area contributed by atoms with Gasteiger partial charge in [0.2, 0.25) is 0 Å². The summed E-state index contributed by atoms with van der Waals surface area (Å²) in [5.41, 5.74) is 0.165. The van der Waals surface area contributed by atoms with E-state index in [4.69, 9.17) is 4.74 Å². The monoisotopic (exact) mass is 534 g/mol. The molecule has 2 N–H and O–H groups in total. The molecule has 1 amide bonds. The van der Waals surface area contributed by atoms with Crippen molar-refractivity contribution in [2.45, 2.75) is 45.1 Å². The quantitative estimate of drug-likeness (QED) is 0.460. The molecule has 1 aromatic carbocycles. The topological polar surface area (TPSA) is 106 Å². The molecule has 0 aliphatic heterocycles. The summed E-state index contributed by atoms with van der Waals surface area (Å²) in [6.07, 6.45) is 3.92. The lowest BCUT2D eigenvalue weighted by molar-refractivity contribution is -0.131. The first-order valence-electron chi connectivity index (χ1n) is 10.4. The number of nitrogens with one attached hydrogen (secondary N) is 1. The number of hydrogen-bond acceptors (Lipinski definition) is 6. The summed E-state index contributed by atoms with van der Waals surface area (Å²) < 4.78 is 34.2. The minimum atomic E-state index is -1.25. The lowest BCUT2D eigenvalue weighted by Gasteiger charge is -2.15. The standard InChI is InChI=1S/C23H21BrF2N4O4/c1-13-6-19(34-12-14-2-3-15(25)7-18(14)26)20(24)21(31)30(13)11-17-10-27-16(8-28-17)9-29-22(32)23(33)4-5-23/h2-3,6-8,10,33H,4-5,9,11-12H2,1H3,(H,29,32). The van der Waals surface area contributed by atoms with Gasteiger partial charge in [0, 0.05) is 23.4 Å². The first-order chi connectivity index (χ1) is 16.2. The van der Waals surface area contributed by atoms with Crippen molar-refractivity contribution in [3.8, 4) is 5.75 Å². The van der Waals surface area contributed by atoms with Crippen molar-refractivity contribution in [1.82, 2.24) is 19.9 Å². The molecule has 0 unspecified atom stereocenters. The van der Waals surface area contributed by atoms with E-state index < -0.39 is 23.1 Å². The minimum absolute atomic E-state index is 0.139. The van der Waals surface area contributed by atoms with Gasteiger partial charge in [-0.2, -0.15) is 0 Å². The van der Waals surface area contributed by atoms with E-state index >= 15 is 0 Å². The summed E-state index contributed by atoms with van der Waals surface area (Å²) in [7, 11) is 0. The second-order valence-corrected chi connectivity index (χ2v) is 8.89. The maximum atomic E-state index is 13.8. The maximum Gasteiger partial charge on any atom is 0.269 e. The van der Waals surface area contributed by atoms with E-state index in [-0.39, 0.29) is 41.0 Å². The summed E-state index contributed by atoms with van der Waals surface area (Å²) in [6, 6.07) is 4.82. The van der Waals surface area contributed by atoms with Gasteiger partial charge >= 0.3 is 0 Å². The number of nitrogens with zero attached hydrogens (tertiary/aromatic N) is 3. The molecule has 1 aliphatic rings. The lowest BCUT2D eigenvalue weighted by Crippen LogP contribution is -2.35. The third-order valence-corrected chi connectivity index (χ3v) is 6.20. The Kier molecular flexibility index (Phi) is 6.76. The van der Waals surface area contributed by atoms with E-state index in [1.165, 1.54) is 23.0 Å². The molecule has 3 aromatic rings. The second-order valence-electron chi connectivity index (χ2n) is 8.09. The number of aryl methyl sites for hydroxylation is 1. The molecule has 0 saturated heterocycles. The number of rotatable bonds is 8. The number of amides is 1. The SMILES string of the molecule is Cc1cc(OCc2ccc(F)cc2F)c(Br)c(=O)n1Cc1cnc(CNC(=O)C2(O)CC2)cn1. The van der Waals surface area contributed by atoms with Gasteiger partial charge in [-0.15, -0.1) is 0 Å². The zero-order chi connectivity index (χ0) is 24.5. The van der Waals surface area contributed by atoms with Crippen LogP contribution in [0.25, 0.3) is 0 Å². The number of aromatic nitrogens is 3. The summed E-state index contributed by atoms with van der Waals surface area (Å²) in [4.78, 5) is 33.2. The van der Waals surface area contributed by atoms with E-state index in [0.29, 0.717) is 29.9 Å². The Balaban J connectivity index is 1.42. The van der Waals surface area contributed by atoms with E-state index in [9.17, 15) is 23.5 Å². The highest BCUT2D eigenvalue weighted by Gasteiger charge is 2.47. The molecular formula is C23H21BrF2N4O4. The molecule has 11 heteroatoms. The van der Waals surface area contributed by atoms with Crippen molar-refractivity contribution in [3.63, 3.8) is 0 Å². The number of pyridine rings is 1. The van der Waals surface area contributed by atoms with Crippen LogP contribution in [-0.4, -0.2) is 31.1 Å². The highest BCUT2D eigenvalue weighted by Crippen LogP contribution is 2.35. The predicted molar refractivity (Wildman–Crippen MR) is 121 cm³/mol.